The summed E-state index contributed by atoms with van der Waals surface area (Å²) in [5.41, 5.74) is 0. The molecule has 8 heteroatoms. The zero-order chi connectivity index (χ0) is 19.9. The average Bonchev–Trinajstić information content (AvgIpc) is 3.36. The van der Waals surface area contributed by atoms with Gasteiger partial charge in [0.25, 0.3) is 0 Å². The van der Waals surface area contributed by atoms with E-state index in [1.54, 1.807) is 6.26 Å². The van der Waals surface area contributed by atoms with E-state index in [9.17, 15) is 0 Å². The van der Waals surface area contributed by atoms with Gasteiger partial charge in [-0.2, -0.15) is 0 Å². The summed E-state index contributed by atoms with van der Waals surface area (Å²) in [6, 6.07) is 4.26. The van der Waals surface area contributed by atoms with Gasteiger partial charge in [-0.15, -0.1) is 10.2 Å². The van der Waals surface area contributed by atoms with Crippen LogP contribution in [0.2, 0.25) is 0 Å². The smallest absolute Gasteiger partial charge is 0.191 e. The predicted molar refractivity (Wildman–Crippen MR) is 113 cm³/mol. The molecule has 0 radical (unpaired) electrons. The van der Waals surface area contributed by atoms with E-state index < -0.39 is 0 Å². The van der Waals surface area contributed by atoms with Gasteiger partial charge in [0.05, 0.1) is 18.8 Å². The molecule has 2 aliphatic heterocycles. The summed E-state index contributed by atoms with van der Waals surface area (Å²) in [4.78, 5) is 6.92. The Morgan fingerprint density at radius 2 is 1.93 bits per heavy atom. The molecule has 2 N–H and O–H groups in total. The van der Waals surface area contributed by atoms with Crippen molar-refractivity contribution >= 4 is 5.96 Å². The van der Waals surface area contributed by atoms with Crippen molar-refractivity contribution < 1.29 is 4.42 Å². The minimum absolute atomic E-state index is 0.216. The molecule has 0 bridgehead atoms. The van der Waals surface area contributed by atoms with E-state index >= 15 is 0 Å². The van der Waals surface area contributed by atoms with E-state index in [1.807, 2.05) is 13.1 Å². The van der Waals surface area contributed by atoms with Crippen LogP contribution in [0.1, 0.15) is 62.0 Å². The number of nitrogens with zero attached hydrogens (tertiary/aromatic N) is 5. The number of aryl methyl sites for hydroxylation is 1. The topological polar surface area (TPSA) is 83.5 Å². The van der Waals surface area contributed by atoms with Gasteiger partial charge >= 0.3 is 0 Å². The van der Waals surface area contributed by atoms with Gasteiger partial charge in [-0.3, -0.25) is 9.89 Å². The lowest BCUT2D eigenvalue weighted by Gasteiger charge is -2.33. The van der Waals surface area contributed by atoms with Crippen LogP contribution in [-0.2, 0) is 19.5 Å². The van der Waals surface area contributed by atoms with Crippen molar-refractivity contribution in [1.82, 2.24) is 30.3 Å². The largest absolute Gasteiger partial charge is 0.468 e. The van der Waals surface area contributed by atoms with Crippen LogP contribution in [-0.4, -0.2) is 52.3 Å². The highest BCUT2D eigenvalue weighted by Crippen LogP contribution is 2.24. The Hall–Kier alpha value is -2.35. The Labute approximate surface area is 172 Å². The molecule has 1 saturated heterocycles. The zero-order valence-corrected chi connectivity index (χ0v) is 17.4. The number of hydrogen-bond donors (Lipinski definition) is 2. The molecule has 2 aromatic rings. The monoisotopic (exact) mass is 399 g/mol. The summed E-state index contributed by atoms with van der Waals surface area (Å²) < 4.78 is 8.01. The first-order valence-electron chi connectivity index (χ1n) is 11.0. The minimum atomic E-state index is 0.216. The van der Waals surface area contributed by atoms with Crippen molar-refractivity contribution in [1.29, 1.82) is 0 Å². The molecule has 2 aliphatic rings. The molecule has 0 aromatic carbocycles. The summed E-state index contributed by atoms with van der Waals surface area (Å²) in [7, 11) is 1.81. The molecule has 4 rings (SSSR count). The molecule has 8 nitrogen and oxygen atoms in total. The second-order valence-electron chi connectivity index (χ2n) is 7.93. The van der Waals surface area contributed by atoms with Crippen molar-refractivity contribution in [2.24, 2.45) is 4.99 Å². The maximum atomic E-state index is 5.74. The number of fused-ring (bicyclic) bond motifs is 1. The Morgan fingerprint density at radius 1 is 1.10 bits per heavy atom. The number of aliphatic imine (C=N–C) groups is 1. The van der Waals surface area contributed by atoms with Gasteiger partial charge in [0.15, 0.2) is 11.8 Å². The number of guanidine groups is 1. The second-order valence-corrected chi connectivity index (χ2v) is 7.93. The predicted octanol–water partition coefficient (Wildman–Crippen LogP) is 2.49. The van der Waals surface area contributed by atoms with E-state index in [4.69, 9.17) is 4.42 Å². The van der Waals surface area contributed by atoms with Crippen LogP contribution in [0.15, 0.2) is 27.8 Å². The van der Waals surface area contributed by atoms with Crippen molar-refractivity contribution in [2.45, 2.75) is 64.1 Å². The highest BCUT2D eigenvalue weighted by atomic mass is 16.3. The van der Waals surface area contributed by atoms with Crippen LogP contribution >= 0.6 is 0 Å². The quantitative estimate of drug-likeness (QED) is 0.574. The Morgan fingerprint density at radius 3 is 2.72 bits per heavy atom. The van der Waals surface area contributed by atoms with E-state index in [1.165, 1.54) is 38.5 Å². The van der Waals surface area contributed by atoms with Crippen molar-refractivity contribution in [2.75, 3.05) is 26.7 Å². The number of rotatable bonds is 6. The van der Waals surface area contributed by atoms with E-state index in [2.05, 4.69) is 41.4 Å². The Bertz CT molecular complexity index is 777. The lowest BCUT2D eigenvalue weighted by Crippen LogP contribution is -2.44. The molecule has 0 saturated carbocycles. The second kappa shape index (κ2) is 9.91. The standard InChI is InChI=1S/C21H33N7O/c1-22-21(24-16-20-26-25-19-10-4-2-7-13-28(19)20)23-15-17(18-9-8-14-29-18)27-11-5-3-6-12-27/h8-9,14,17H,2-7,10-13,15-16H2,1H3,(H2,22,23,24). The minimum Gasteiger partial charge on any atom is -0.468 e. The van der Waals surface area contributed by atoms with Gasteiger partial charge < -0.3 is 19.6 Å². The lowest BCUT2D eigenvalue weighted by molar-refractivity contribution is 0.146. The SMILES string of the molecule is CN=C(NCc1nnc2n1CCCCC2)NCC(c1ccco1)N1CCCCC1. The molecular weight excluding hydrogens is 366 g/mol. The summed E-state index contributed by atoms with van der Waals surface area (Å²) in [6.07, 6.45) is 10.3. The molecule has 0 amide bonds. The molecule has 0 spiro atoms. The van der Waals surface area contributed by atoms with E-state index in [0.29, 0.717) is 6.54 Å². The van der Waals surface area contributed by atoms with Gasteiger partial charge in [-0.1, -0.05) is 12.8 Å². The van der Waals surface area contributed by atoms with Gasteiger partial charge in [0.2, 0.25) is 0 Å². The molecule has 1 atom stereocenters. The summed E-state index contributed by atoms with van der Waals surface area (Å²) in [6.45, 7) is 4.63. The molecular formula is C21H33N7O. The number of aromatic nitrogens is 3. The molecule has 0 aliphatic carbocycles. The first-order chi connectivity index (χ1) is 14.3. The Balaban J connectivity index is 1.35. The van der Waals surface area contributed by atoms with Crippen molar-refractivity contribution in [3.63, 3.8) is 0 Å². The molecule has 29 heavy (non-hydrogen) atoms. The van der Waals surface area contributed by atoms with Crippen LogP contribution < -0.4 is 10.6 Å². The first-order valence-corrected chi connectivity index (χ1v) is 11.0. The summed E-state index contributed by atoms with van der Waals surface area (Å²) >= 11 is 0. The number of piperidine rings is 1. The van der Waals surface area contributed by atoms with Crippen LogP contribution in [0, 0.1) is 0 Å². The van der Waals surface area contributed by atoms with Gasteiger partial charge in [-0.05, 0) is 50.9 Å². The molecule has 158 valence electrons. The normalized spacial score (nSPS) is 19.4. The fourth-order valence-electron chi connectivity index (χ4n) is 4.37. The third-order valence-corrected chi connectivity index (χ3v) is 5.99. The number of likely N-dealkylation sites (tertiary alicyclic amines) is 1. The average molecular weight is 400 g/mol. The maximum Gasteiger partial charge on any atom is 0.191 e. The summed E-state index contributed by atoms with van der Waals surface area (Å²) in [5, 5.41) is 15.7. The first kappa shape index (κ1) is 19.9. The fraction of sp³-hybridized carbons (Fsp3) is 0.667. The van der Waals surface area contributed by atoms with Crippen LogP contribution in [0.5, 0.6) is 0 Å². The highest BCUT2D eigenvalue weighted by molar-refractivity contribution is 5.79. The van der Waals surface area contributed by atoms with Gasteiger partial charge in [0.1, 0.15) is 11.6 Å². The van der Waals surface area contributed by atoms with Gasteiger partial charge in [0, 0.05) is 26.6 Å². The van der Waals surface area contributed by atoms with Crippen molar-refractivity contribution in [3.05, 3.63) is 35.8 Å². The zero-order valence-electron chi connectivity index (χ0n) is 17.4. The Kier molecular flexibility index (Phi) is 6.82. The third kappa shape index (κ3) is 4.98. The lowest BCUT2D eigenvalue weighted by atomic mass is 10.1. The van der Waals surface area contributed by atoms with Crippen molar-refractivity contribution in [3.8, 4) is 0 Å². The number of hydrogen-bond acceptors (Lipinski definition) is 5. The van der Waals surface area contributed by atoms with Crippen LogP contribution in [0.4, 0.5) is 0 Å². The fourth-order valence-corrected chi connectivity index (χ4v) is 4.37. The highest BCUT2D eigenvalue weighted by Gasteiger charge is 2.24. The maximum absolute atomic E-state index is 5.74. The molecule has 1 unspecified atom stereocenters. The van der Waals surface area contributed by atoms with Crippen LogP contribution in [0.3, 0.4) is 0 Å². The molecule has 4 heterocycles. The van der Waals surface area contributed by atoms with Crippen LogP contribution in [0.25, 0.3) is 0 Å². The van der Waals surface area contributed by atoms with Gasteiger partial charge in [-0.25, -0.2) is 0 Å². The third-order valence-electron chi connectivity index (χ3n) is 5.99. The van der Waals surface area contributed by atoms with E-state index in [0.717, 1.165) is 56.0 Å². The number of nitrogens with one attached hydrogen (secondary N) is 2. The summed E-state index contributed by atoms with van der Waals surface area (Å²) in [5.74, 6) is 3.90. The van der Waals surface area contributed by atoms with E-state index in [-0.39, 0.29) is 6.04 Å². The molecule has 2 aromatic heterocycles. The number of furan rings is 1. The molecule has 1 fully saturated rings.